The molecule has 0 spiro atoms. The number of carbonyl (C=O) groups excluding carboxylic acids is 2. The highest BCUT2D eigenvalue weighted by Crippen LogP contribution is 2.26. The van der Waals surface area contributed by atoms with Gasteiger partial charge in [0.05, 0.1) is 11.3 Å². The van der Waals surface area contributed by atoms with Gasteiger partial charge >= 0.3 is 0 Å². The Hall–Kier alpha value is -1.49. The smallest absolute Gasteiger partial charge is 0.252 e. The van der Waals surface area contributed by atoms with E-state index in [4.69, 9.17) is 0 Å². The van der Waals surface area contributed by atoms with Crippen molar-refractivity contribution in [2.24, 2.45) is 5.92 Å². The van der Waals surface area contributed by atoms with E-state index in [2.05, 4.69) is 12.2 Å². The summed E-state index contributed by atoms with van der Waals surface area (Å²) in [5.74, 6) is 1.14. The molecule has 1 aliphatic rings. The number of amides is 2. The molecule has 1 fully saturated rings. The van der Waals surface area contributed by atoms with Crippen LogP contribution in [0.4, 0.5) is 0 Å². The lowest BCUT2D eigenvalue weighted by atomic mass is 9.87. The monoisotopic (exact) mass is 334 g/mol. The molecule has 0 heterocycles. The average molecular weight is 334 g/mol. The molecule has 1 aliphatic carbocycles. The second-order valence-corrected chi connectivity index (χ2v) is 7.52. The minimum atomic E-state index is -0.0232. The summed E-state index contributed by atoms with van der Waals surface area (Å²) in [4.78, 5) is 26.8. The summed E-state index contributed by atoms with van der Waals surface area (Å²) in [5.41, 5.74) is 0.669. The maximum Gasteiger partial charge on any atom is 0.252 e. The molecule has 0 atom stereocenters. The number of benzene rings is 1. The lowest BCUT2D eigenvalue weighted by Gasteiger charge is -2.27. The van der Waals surface area contributed by atoms with Crippen LogP contribution in [0.2, 0.25) is 0 Å². The highest BCUT2D eigenvalue weighted by atomic mass is 32.2. The first kappa shape index (κ1) is 17.9. The van der Waals surface area contributed by atoms with Crippen LogP contribution in [0.15, 0.2) is 29.2 Å². The molecule has 0 aromatic heterocycles. The number of thioether (sulfide) groups is 1. The predicted molar refractivity (Wildman–Crippen MR) is 94.7 cm³/mol. The van der Waals surface area contributed by atoms with E-state index >= 15 is 0 Å². The standard InChI is InChI=1S/C18H26N2O2S/c1-13-8-10-14(11-9-13)19-18(22)15-6-4-5-7-16(15)23-12-17(21)20(2)3/h4-7,13-14H,8-12H2,1-3H3,(H,19,22). The molecule has 0 aliphatic heterocycles. The van der Waals surface area contributed by atoms with Crippen molar-refractivity contribution in [3.8, 4) is 0 Å². The Morgan fingerprint density at radius 3 is 2.48 bits per heavy atom. The number of hydrogen-bond donors (Lipinski definition) is 1. The molecule has 2 amide bonds. The Morgan fingerprint density at radius 2 is 1.83 bits per heavy atom. The summed E-state index contributed by atoms with van der Waals surface area (Å²) in [5, 5.41) is 3.16. The number of nitrogens with one attached hydrogen (secondary N) is 1. The zero-order chi connectivity index (χ0) is 16.8. The van der Waals surface area contributed by atoms with E-state index in [9.17, 15) is 9.59 Å². The van der Waals surface area contributed by atoms with E-state index in [0.29, 0.717) is 11.3 Å². The first-order chi connectivity index (χ1) is 11.0. The maximum atomic E-state index is 12.6. The Kier molecular flexibility index (Phi) is 6.51. The zero-order valence-electron chi connectivity index (χ0n) is 14.2. The van der Waals surface area contributed by atoms with Gasteiger partial charge in [-0.15, -0.1) is 11.8 Å². The Balaban J connectivity index is 1.98. The molecule has 1 aromatic carbocycles. The van der Waals surface area contributed by atoms with Gasteiger partial charge in [-0.05, 0) is 43.7 Å². The highest BCUT2D eigenvalue weighted by molar-refractivity contribution is 8.00. The Morgan fingerprint density at radius 1 is 1.17 bits per heavy atom. The molecule has 1 saturated carbocycles. The lowest BCUT2D eigenvalue weighted by Crippen LogP contribution is -2.37. The average Bonchev–Trinajstić information content (AvgIpc) is 2.54. The fourth-order valence-electron chi connectivity index (χ4n) is 2.72. The first-order valence-corrected chi connectivity index (χ1v) is 9.18. The van der Waals surface area contributed by atoms with E-state index < -0.39 is 0 Å². The third-order valence-electron chi connectivity index (χ3n) is 4.33. The van der Waals surface area contributed by atoms with Gasteiger partial charge < -0.3 is 10.2 Å². The van der Waals surface area contributed by atoms with E-state index in [1.165, 1.54) is 24.6 Å². The molecule has 1 N–H and O–H groups in total. The van der Waals surface area contributed by atoms with Crippen LogP contribution in [0.1, 0.15) is 43.0 Å². The van der Waals surface area contributed by atoms with Crippen LogP contribution in [0.3, 0.4) is 0 Å². The van der Waals surface area contributed by atoms with E-state index in [0.717, 1.165) is 23.7 Å². The number of hydrogen-bond acceptors (Lipinski definition) is 3. The van der Waals surface area contributed by atoms with Gasteiger partial charge in [-0.1, -0.05) is 19.1 Å². The Labute approximate surface area is 143 Å². The number of carbonyl (C=O) groups is 2. The fourth-order valence-corrected chi connectivity index (χ4v) is 3.74. The van der Waals surface area contributed by atoms with Gasteiger partial charge in [0.1, 0.15) is 0 Å². The third kappa shape index (κ3) is 5.27. The molecule has 4 nitrogen and oxygen atoms in total. The van der Waals surface area contributed by atoms with Crippen LogP contribution in [0.25, 0.3) is 0 Å². The van der Waals surface area contributed by atoms with E-state index in [-0.39, 0.29) is 17.9 Å². The summed E-state index contributed by atoms with van der Waals surface area (Å²) >= 11 is 1.42. The van der Waals surface area contributed by atoms with Crippen LogP contribution in [-0.4, -0.2) is 42.6 Å². The molecule has 126 valence electrons. The zero-order valence-corrected chi connectivity index (χ0v) is 15.0. The Bertz CT molecular complexity index is 552. The summed E-state index contributed by atoms with van der Waals surface area (Å²) in [7, 11) is 3.48. The lowest BCUT2D eigenvalue weighted by molar-refractivity contribution is -0.125. The molecular formula is C18H26N2O2S. The van der Waals surface area contributed by atoms with Crippen molar-refractivity contribution in [3.63, 3.8) is 0 Å². The predicted octanol–water partition coefficient (Wildman–Crippen LogP) is 3.18. The highest BCUT2D eigenvalue weighted by Gasteiger charge is 2.21. The van der Waals surface area contributed by atoms with Crippen molar-refractivity contribution in [2.45, 2.75) is 43.5 Å². The van der Waals surface area contributed by atoms with Crippen molar-refractivity contribution < 1.29 is 9.59 Å². The second kappa shape index (κ2) is 8.39. The van der Waals surface area contributed by atoms with Gasteiger partial charge in [-0.25, -0.2) is 0 Å². The minimum absolute atomic E-state index is 0.0232. The summed E-state index contributed by atoms with van der Waals surface area (Å²) in [6, 6.07) is 7.80. The molecule has 2 rings (SSSR count). The number of nitrogens with zero attached hydrogens (tertiary/aromatic N) is 1. The SMILES string of the molecule is CC1CCC(NC(=O)c2ccccc2SCC(=O)N(C)C)CC1. The summed E-state index contributed by atoms with van der Waals surface area (Å²) in [6.07, 6.45) is 4.47. The molecule has 1 aromatic rings. The van der Waals surface area contributed by atoms with Crippen LogP contribution in [0, 0.1) is 5.92 Å². The fraction of sp³-hybridized carbons (Fsp3) is 0.556. The molecule has 5 heteroatoms. The maximum absolute atomic E-state index is 12.6. The van der Waals surface area contributed by atoms with Crippen LogP contribution in [-0.2, 0) is 4.79 Å². The van der Waals surface area contributed by atoms with Crippen molar-refractivity contribution in [2.75, 3.05) is 19.8 Å². The van der Waals surface area contributed by atoms with E-state index in [1.54, 1.807) is 19.0 Å². The van der Waals surface area contributed by atoms with Gasteiger partial charge in [-0.2, -0.15) is 0 Å². The van der Waals surface area contributed by atoms with Gasteiger partial charge in [0.15, 0.2) is 0 Å². The first-order valence-electron chi connectivity index (χ1n) is 8.20. The van der Waals surface area contributed by atoms with Gasteiger partial charge in [-0.3, -0.25) is 9.59 Å². The van der Waals surface area contributed by atoms with Gasteiger partial charge in [0.2, 0.25) is 5.91 Å². The second-order valence-electron chi connectivity index (χ2n) is 6.50. The van der Waals surface area contributed by atoms with Crippen molar-refractivity contribution >= 4 is 23.6 Å². The third-order valence-corrected chi connectivity index (χ3v) is 5.39. The van der Waals surface area contributed by atoms with Gasteiger partial charge in [0.25, 0.3) is 5.91 Å². The molecule has 0 radical (unpaired) electrons. The van der Waals surface area contributed by atoms with E-state index in [1.807, 2.05) is 24.3 Å². The molecule has 23 heavy (non-hydrogen) atoms. The van der Waals surface area contributed by atoms with Crippen LogP contribution in [0.5, 0.6) is 0 Å². The van der Waals surface area contributed by atoms with Crippen molar-refractivity contribution in [3.05, 3.63) is 29.8 Å². The number of rotatable bonds is 5. The summed E-state index contributed by atoms with van der Waals surface area (Å²) in [6.45, 7) is 2.27. The van der Waals surface area contributed by atoms with Crippen LogP contribution >= 0.6 is 11.8 Å². The largest absolute Gasteiger partial charge is 0.349 e. The molecule has 0 unspecified atom stereocenters. The van der Waals surface area contributed by atoms with Gasteiger partial charge in [0, 0.05) is 25.0 Å². The van der Waals surface area contributed by atoms with Crippen LogP contribution < -0.4 is 5.32 Å². The minimum Gasteiger partial charge on any atom is -0.349 e. The molecule has 0 bridgehead atoms. The quantitative estimate of drug-likeness (QED) is 0.842. The normalized spacial score (nSPS) is 20.8. The molecule has 0 saturated heterocycles. The summed E-state index contributed by atoms with van der Waals surface area (Å²) < 4.78 is 0. The van der Waals surface area contributed by atoms with Crippen molar-refractivity contribution in [1.82, 2.24) is 10.2 Å². The molecular weight excluding hydrogens is 308 g/mol. The van der Waals surface area contributed by atoms with Crippen molar-refractivity contribution in [1.29, 1.82) is 0 Å². The topological polar surface area (TPSA) is 49.4 Å².